The Hall–Kier alpha value is -2.65. The Kier molecular flexibility index (Phi) is 7.44. The number of rotatable bonds is 5. The van der Waals surface area contributed by atoms with Crippen molar-refractivity contribution in [3.8, 4) is 0 Å². The van der Waals surface area contributed by atoms with E-state index in [0.717, 1.165) is 12.7 Å². The van der Waals surface area contributed by atoms with Gasteiger partial charge in [0.2, 0.25) is 0 Å². The van der Waals surface area contributed by atoms with Gasteiger partial charge in [0, 0.05) is 32.0 Å². The molecular formula is C27H35NO2. The Morgan fingerprint density at radius 2 is 1.73 bits per heavy atom. The largest absolute Gasteiger partial charge is 0.400 e. The minimum absolute atomic E-state index is 0.227. The molecule has 0 aromatic heterocycles. The maximum absolute atomic E-state index is 13.0. The highest BCUT2D eigenvalue weighted by Crippen LogP contribution is 2.48. The molecule has 3 nitrogen and oxygen atoms in total. The third kappa shape index (κ3) is 4.13. The zero-order chi connectivity index (χ0) is 22.6. The van der Waals surface area contributed by atoms with Crippen LogP contribution in [0.5, 0.6) is 0 Å². The summed E-state index contributed by atoms with van der Waals surface area (Å²) in [7, 11) is 3.11. The lowest BCUT2D eigenvalue weighted by molar-refractivity contribution is -0.122. The maximum atomic E-state index is 13.0. The van der Waals surface area contributed by atoms with Gasteiger partial charge in [0.25, 0.3) is 0 Å². The van der Waals surface area contributed by atoms with Crippen LogP contribution in [-0.4, -0.2) is 25.0 Å². The molecule has 3 heteroatoms. The van der Waals surface area contributed by atoms with Gasteiger partial charge in [-0.2, -0.15) is 0 Å². The highest BCUT2D eigenvalue weighted by atomic mass is 16.2. The van der Waals surface area contributed by atoms with Crippen molar-refractivity contribution < 1.29 is 9.90 Å². The lowest BCUT2D eigenvalue weighted by atomic mass is 9.72. The van der Waals surface area contributed by atoms with Crippen LogP contribution in [0.3, 0.4) is 0 Å². The van der Waals surface area contributed by atoms with Gasteiger partial charge in [-0.15, -0.1) is 0 Å². The van der Waals surface area contributed by atoms with Gasteiger partial charge in [-0.25, -0.2) is 0 Å². The summed E-state index contributed by atoms with van der Waals surface area (Å²) >= 11 is 0. The molecule has 0 bridgehead atoms. The predicted octanol–water partition coefficient (Wildman–Crippen LogP) is 5.73. The Morgan fingerprint density at radius 3 is 2.33 bits per heavy atom. The van der Waals surface area contributed by atoms with E-state index in [1.165, 1.54) is 39.2 Å². The Bertz CT molecular complexity index is 986. The summed E-state index contributed by atoms with van der Waals surface area (Å²) in [5.41, 5.74) is 9.11. The van der Waals surface area contributed by atoms with E-state index in [0.29, 0.717) is 12.8 Å². The molecule has 1 N–H and O–H groups in total. The smallest absolute Gasteiger partial charge is 0.141 e. The monoisotopic (exact) mass is 405 g/mol. The number of nitrogens with zero attached hydrogens (tertiary/aromatic N) is 1. The van der Waals surface area contributed by atoms with Crippen LogP contribution >= 0.6 is 0 Å². The topological polar surface area (TPSA) is 40.5 Å². The SMILES string of the molecule is C=CC1=C(N(C)c2cc(C)ccc2C)C[C@](C(C)=O)(c2cccc(C)c2C)C1.CO. The third-order valence-electron chi connectivity index (χ3n) is 6.50. The first-order valence-electron chi connectivity index (χ1n) is 10.4. The van der Waals surface area contributed by atoms with Crippen molar-refractivity contribution in [1.82, 2.24) is 0 Å². The third-order valence-corrected chi connectivity index (χ3v) is 6.50. The Morgan fingerprint density at radius 1 is 1.07 bits per heavy atom. The van der Waals surface area contributed by atoms with E-state index in [9.17, 15) is 4.79 Å². The quantitative estimate of drug-likeness (QED) is 0.691. The minimum Gasteiger partial charge on any atom is -0.400 e. The van der Waals surface area contributed by atoms with Crippen molar-refractivity contribution in [1.29, 1.82) is 0 Å². The van der Waals surface area contributed by atoms with Gasteiger partial charge in [0.05, 0.1) is 5.41 Å². The van der Waals surface area contributed by atoms with E-state index in [4.69, 9.17) is 5.11 Å². The molecule has 1 atom stereocenters. The van der Waals surface area contributed by atoms with Gasteiger partial charge in [0.15, 0.2) is 0 Å². The van der Waals surface area contributed by atoms with E-state index in [2.05, 4.69) is 82.6 Å². The zero-order valence-corrected chi connectivity index (χ0v) is 19.5. The molecule has 0 amide bonds. The van der Waals surface area contributed by atoms with Gasteiger partial charge in [-0.05, 0) is 80.5 Å². The van der Waals surface area contributed by atoms with Crippen molar-refractivity contribution in [3.63, 3.8) is 0 Å². The molecule has 0 radical (unpaired) electrons. The number of hydrogen-bond donors (Lipinski definition) is 1. The molecule has 0 saturated carbocycles. The lowest BCUT2D eigenvalue weighted by Crippen LogP contribution is -2.34. The molecule has 1 aliphatic rings. The predicted molar refractivity (Wildman–Crippen MR) is 127 cm³/mol. The van der Waals surface area contributed by atoms with Crippen molar-refractivity contribution >= 4 is 11.5 Å². The number of ketones is 1. The maximum Gasteiger partial charge on any atom is 0.141 e. The molecule has 3 rings (SSSR count). The van der Waals surface area contributed by atoms with Crippen LogP contribution in [0, 0.1) is 27.7 Å². The van der Waals surface area contributed by atoms with Gasteiger partial charge in [-0.3, -0.25) is 4.79 Å². The number of benzene rings is 2. The molecule has 0 aliphatic heterocycles. The molecule has 0 unspecified atom stereocenters. The Balaban J connectivity index is 0.00000155. The second-order valence-corrected chi connectivity index (χ2v) is 8.26. The van der Waals surface area contributed by atoms with Crippen molar-refractivity contribution in [2.24, 2.45) is 0 Å². The second-order valence-electron chi connectivity index (χ2n) is 8.26. The van der Waals surface area contributed by atoms with Crippen LogP contribution in [0.4, 0.5) is 5.69 Å². The number of carbonyl (C=O) groups is 1. The summed E-state index contributed by atoms with van der Waals surface area (Å²) in [4.78, 5) is 15.3. The molecular weight excluding hydrogens is 370 g/mol. The van der Waals surface area contributed by atoms with Gasteiger partial charge in [-0.1, -0.05) is 43.0 Å². The van der Waals surface area contributed by atoms with Crippen LogP contribution in [0.1, 0.15) is 47.6 Å². The zero-order valence-electron chi connectivity index (χ0n) is 19.5. The molecule has 1 aliphatic carbocycles. The number of aliphatic hydroxyl groups excluding tert-OH is 1. The fraction of sp³-hybridized carbons (Fsp3) is 0.370. The summed E-state index contributed by atoms with van der Waals surface area (Å²) < 4.78 is 0. The number of aliphatic hydroxyl groups is 1. The van der Waals surface area contributed by atoms with E-state index in [1.54, 1.807) is 6.92 Å². The number of hydrogen-bond acceptors (Lipinski definition) is 3. The van der Waals surface area contributed by atoms with Gasteiger partial charge < -0.3 is 10.0 Å². The molecule has 2 aromatic rings. The summed E-state index contributed by atoms with van der Waals surface area (Å²) in [6.45, 7) is 14.3. The molecule has 0 saturated heterocycles. The van der Waals surface area contributed by atoms with Crippen molar-refractivity contribution in [2.75, 3.05) is 19.1 Å². The molecule has 2 aromatic carbocycles. The normalized spacial score (nSPS) is 18.0. The van der Waals surface area contributed by atoms with Crippen LogP contribution in [0.2, 0.25) is 0 Å². The molecule has 0 fully saturated rings. The lowest BCUT2D eigenvalue weighted by Gasteiger charge is -2.31. The van der Waals surface area contributed by atoms with Crippen molar-refractivity contribution in [3.05, 3.63) is 88.1 Å². The number of anilines is 1. The summed E-state index contributed by atoms with van der Waals surface area (Å²) in [5, 5.41) is 7.00. The first-order chi connectivity index (χ1) is 14.2. The van der Waals surface area contributed by atoms with Crippen LogP contribution in [0.25, 0.3) is 0 Å². The minimum atomic E-state index is -0.513. The molecule has 0 spiro atoms. The fourth-order valence-corrected chi connectivity index (χ4v) is 4.54. The van der Waals surface area contributed by atoms with E-state index >= 15 is 0 Å². The van der Waals surface area contributed by atoms with Crippen LogP contribution < -0.4 is 4.90 Å². The number of Topliss-reactive ketones (excluding diaryl/α,β-unsaturated/α-hetero) is 1. The average molecular weight is 406 g/mol. The molecule has 30 heavy (non-hydrogen) atoms. The standard InChI is InChI=1S/C26H31NO.CH4O/c1-8-22-15-26(21(6)28,23-11-9-10-18(3)20(23)5)16-25(22)27(7)24-14-17(2)12-13-19(24)4;1-2/h8-14H,1,15-16H2,2-7H3;2H,1H3/t26-;/m1./s1. The number of allylic oxidation sites excluding steroid dienone is 3. The Labute approximate surface area is 181 Å². The van der Waals surface area contributed by atoms with E-state index < -0.39 is 5.41 Å². The van der Waals surface area contributed by atoms with Gasteiger partial charge >= 0.3 is 0 Å². The van der Waals surface area contributed by atoms with Gasteiger partial charge in [0.1, 0.15) is 5.78 Å². The number of aryl methyl sites for hydroxylation is 3. The fourth-order valence-electron chi connectivity index (χ4n) is 4.54. The summed E-state index contributed by atoms with van der Waals surface area (Å²) in [5.74, 6) is 0.227. The molecule has 160 valence electrons. The van der Waals surface area contributed by atoms with Crippen molar-refractivity contribution in [2.45, 2.75) is 52.9 Å². The summed E-state index contributed by atoms with van der Waals surface area (Å²) in [6, 6.07) is 12.8. The first-order valence-corrected chi connectivity index (χ1v) is 10.4. The average Bonchev–Trinajstić information content (AvgIpc) is 3.14. The first kappa shape index (κ1) is 23.6. The highest BCUT2D eigenvalue weighted by Gasteiger charge is 2.45. The molecule has 0 heterocycles. The van der Waals surface area contributed by atoms with Crippen LogP contribution in [-0.2, 0) is 10.2 Å². The number of carbonyl (C=O) groups excluding carboxylic acids is 1. The van der Waals surface area contributed by atoms with E-state index in [-0.39, 0.29) is 5.78 Å². The van der Waals surface area contributed by atoms with E-state index in [1.807, 2.05) is 6.08 Å². The second kappa shape index (κ2) is 9.44. The van der Waals surface area contributed by atoms with Crippen LogP contribution in [0.15, 0.2) is 60.3 Å². The highest BCUT2D eigenvalue weighted by molar-refractivity contribution is 5.91. The summed E-state index contributed by atoms with van der Waals surface area (Å²) in [6.07, 6.45) is 3.35.